The zero-order valence-corrected chi connectivity index (χ0v) is 17.4. The van der Waals surface area contributed by atoms with E-state index in [1.54, 1.807) is 17.9 Å². The topological polar surface area (TPSA) is 65.1 Å². The lowest BCUT2D eigenvalue weighted by Gasteiger charge is -2.35. The van der Waals surface area contributed by atoms with Crippen molar-refractivity contribution in [1.29, 1.82) is 0 Å². The number of nitrogens with zero attached hydrogens (tertiary/aromatic N) is 3. The van der Waals surface area contributed by atoms with Crippen molar-refractivity contribution in [2.24, 2.45) is 5.92 Å². The van der Waals surface area contributed by atoms with Gasteiger partial charge >= 0.3 is 6.09 Å². The molecule has 3 rings (SSSR count). The SMILES string of the molecule is CCOC(=O)N1CCCC(C(=O)Nc2cc(Cl)ccc2N2CCN(C)CC2)C1. The maximum absolute atomic E-state index is 12.9. The summed E-state index contributed by atoms with van der Waals surface area (Å²) in [6.45, 7) is 6.90. The third kappa shape index (κ3) is 5.08. The standard InChI is InChI=1S/C20H29ClN4O3/c1-3-28-20(27)25-8-4-5-15(14-25)19(26)22-17-13-16(21)6-7-18(17)24-11-9-23(2)10-12-24/h6-7,13,15H,3-5,8-12,14H2,1-2H3,(H,22,26). The van der Waals surface area contributed by atoms with Gasteiger partial charge in [-0.05, 0) is 45.0 Å². The average Bonchev–Trinajstić information content (AvgIpc) is 2.69. The summed E-state index contributed by atoms with van der Waals surface area (Å²) in [5.74, 6) is -0.330. The van der Waals surface area contributed by atoms with Crippen molar-refractivity contribution in [3.8, 4) is 0 Å². The van der Waals surface area contributed by atoms with Crippen molar-refractivity contribution in [2.75, 3.05) is 63.1 Å². The Balaban J connectivity index is 1.69. The third-order valence-electron chi connectivity index (χ3n) is 5.38. The molecule has 0 bridgehead atoms. The quantitative estimate of drug-likeness (QED) is 0.829. The van der Waals surface area contributed by atoms with Gasteiger partial charge in [-0.1, -0.05) is 11.6 Å². The first-order chi connectivity index (χ1) is 13.5. The molecule has 0 spiro atoms. The molecular formula is C20H29ClN4O3. The predicted molar refractivity (Wildman–Crippen MR) is 111 cm³/mol. The number of halogens is 1. The molecule has 0 aromatic heterocycles. The highest BCUT2D eigenvalue weighted by molar-refractivity contribution is 6.31. The van der Waals surface area contributed by atoms with Gasteiger partial charge < -0.3 is 24.8 Å². The fourth-order valence-electron chi connectivity index (χ4n) is 3.74. The molecule has 2 heterocycles. The molecule has 1 unspecified atom stereocenters. The number of carbonyl (C=O) groups excluding carboxylic acids is 2. The summed E-state index contributed by atoms with van der Waals surface area (Å²) in [4.78, 5) is 31.1. The van der Waals surface area contributed by atoms with E-state index in [-0.39, 0.29) is 17.9 Å². The van der Waals surface area contributed by atoms with Gasteiger partial charge in [-0.2, -0.15) is 0 Å². The Morgan fingerprint density at radius 3 is 2.68 bits per heavy atom. The van der Waals surface area contributed by atoms with Crippen LogP contribution >= 0.6 is 11.6 Å². The molecular weight excluding hydrogens is 380 g/mol. The molecule has 1 aromatic rings. The van der Waals surface area contributed by atoms with E-state index in [0.29, 0.717) is 24.7 Å². The number of anilines is 2. The van der Waals surface area contributed by atoms with Crippen LogP contribution in [0.3, 0.4) is 0 Å². The summed E-state index contributed by atoms with van der Waals surface area (Å²) in [6, 6.07) is 5.63. The van der Waals surface area contributed by atoms with Gasteiger partial charge in [-0.25, -0.2) is 4.79 Å². The van der Waals surface area contributed by atoms with E-state index >= 15 is 0 Å². The van der Waals surface area contributed by atoms with E-state index in [4.69, 9.17) is 16.3 Å². The summed E-state index contributed by atoms with van der Waals surface area (Å²) >= 11 is 6.20. The molecule has 2 aliphatic rings. The molecule has 2 fully saturated rings. The summed E-state index contributed by atoms with van der Waals surface area (Å²) in [7, 11) is 2.11. The summed E-state index contributed by atoms with van der Waals surface area (Å²) < 4.78 is 5.08. The molecule has 1 atom stereocenters. The maximum atomic E-state index is 12.9. The number of likely N-dealkylation sites (N-methyl/N-ethyl adjacent to an activating group) is 1. The van der Waals surface area contributed by atoms with Crippen LogP contribution in [-0.4, -0.2) is 74.7 Å². The van der Waals surface area contributed by atoms with Crippen LogP contribution in [0.4, 0.5) is 16.2 Å². The van der Waals surface area contributed by atoms with Crippen LogP contribution < -0.4 is 10.2 Å². The zero-order chi connectivity index (χ0) is 20.1. The molecule has 2 amide bonds. The Morgan fingerprint density at radius 2 is 1.96 bits per heavy atom. The number of hydrogen-bond donors (Lipinski definition) is 1. The Kier molecular flexibility index (Phi) is 7.02. The number of piperidine rings is 1. The Bertz CT molecular complexity index is 707. The van der Waals surface area contributed by atoms with Gasteiger partial charge in [0.1, 0.15) is 0 Å². The number of benzene rings is 1. The fourth-order valence-corrected chi connectivity index (χ4v) is 3.91. The molecule has 2 aliphatic heterocycles. The molecule has 8 heteroatoms. The van der Waals surface area contributed by atoms with Gasteiger partial charge in [0.05, 0.1) is 23.9 Å². The molecule has 7 nitrogen and oxygen atoms in total. The van der Waals surface area contributed by atoms with E-state index in [0.717, 1.165) is 50.4 Å². The number of hydrogen-bond acceptors (Lipinski definition) is 5. The molecule has 28 heavy (non-hydrogen) atoms. The van der Waals surface area contributed by atoms with E-state index in [2.05, 4.69) is 22.2 Å². The summed E-state index contributed by atoms with van der Waals surface area (Å²) in [5.41, 5.74) is 1.72. The maximum Gasteiger partial charge on any atom is 0.409 e. The third-order valence-corrected chi connectivity index (χ3v) is 5.61. The predicted octanol–water partition coefficient (Wildman–Crippen LogP) is 2.90. The van der Waals surface area contributed by atoms with Gasteiger partial charge in [-0.3, -0.25) is 4.79 Å². The summed E-state index contributed by atoms with van der Waals surface area (Å²) in [6.07, 6.45) is 1.20. The number of carbonyl (C=O) groups is 2. The number of amides is 2. The monoisotopic (exact) mass is 408 g/mol. The minimum Gasteiger partial charge on any atom is -0.450 e. The number of rotatable bonds is 4. The number of piperazine rings is 1. The van der Waals surface area contributed by atoms with Crippen LogP contribution in [0.25, 0.3) is 0 Å². The van der Waals surface area contributed by atoms with Crippen LogP contribution in [0.15, 0.2) is 18.2 Å². The fraction of sp³-hybridized carbons (Fsp3) is 0.600. The van der Waals surface area contributed by atoms with Crippen molar-refractivity contribution in [2.45, 2.75) is 19.8 Å². The lowest BCUT2D eigenvalue weighted by Crippen LogP contribution is -2.45. The van der Waals surface area contributed by atoms with Gasteiger partial charge in [0, 0.05) is 44.3 Å². The van der Waals surface area contributed by atoms with Crippen molar-refractivity contribution in [3.63, 3.8) is 0 Å². The largest absolute Gasteiger partial charge is 0.450 e. The minimum absolute atomic E-state index is 0.0772. The first-order valence-corrected chi connectivity index (χ1v) is 10.3. The molecule has 2 saturated heterocycles. The Morgan fingerprint density at radius 1 is 1.21 bits per heavy atom. The second kappa shape index (κ2) is 9.47. The second-order valence-corrected chi connectivity index (χ2v) is 7.86. The number of likely N-dealkylation sites (tertiary alicyclic amines) is 1. The van der Waals surface area contributed by atoms with Crippen LogP contribution in [0.1, 0.15) is 19.8 Å². The number of ether oxygens (including phenoxy) is 1. The first kappa shape index (κ1) is 20.7. The molecule has 1 aromatic carbocycles. The van der Waals surface area contributed by atoms with Gasteiger partial charge in [0.2, 0.25) is 5.91 Å². The van der Waals surface area contributed by atoms with E-state index in [1.165, 1.54) is 0 Å². The van der Waals surface area contributed by atoms with E-state index < -0.39 is 0 Å². The highest BCUT2D eigenvalue weighted by atomic mass is 35.5. The smallest absolute Gasteiger partial charge is 0.409 e. The van der Waals surface area contributed by atoms with Crippen molar-refractivity contribution < 1.29 is 14.3 Å². The molecule has 0 aliphatic carbocycles. The van der Waals surface area contributed by atoms with Crippen LogP contribution in [-0.2, 0) is 9.53 Å². The van der Waals surface area contributed by atoms with Crippen molar-refractivity contribution >= 4 is 35.0 Å². The van der Waals surface area contributed by atoms with Gasteiger partial charge in [0.25, 0.3) is 0 Å². The normalized spacial score (nSPS) is 20.8. The van der Waals surface area contributed by atoms with Crippen molar-refractivity contribution in [1.82, 2.24) is 9.80 Å². The van der Waals surface area contributed by atoms with Crippen molar-refractivity contribution in [3.05, 3.63) is 23.2 Å². The molecule has 154 valence electrons. The van der Waals surface area contributed by atoms with Crippen LogP contribution in [0, 0.1) is 5.92 Å². The van der Waals surface area contributed by atoms with Gasteiger partial charge in [0.15, 0.2) is 0 Å². The van der Waals surface area contributed by atoms with E-state index in [1.807, 2.05) is 12.1 Å². The highest BCUT2D eigenvalue weighted by Gasteiger charge is 2.30. The Labute approximate surface area is 171 Å². The lowest BCUT2D eigenvalue weighted by atomic mass is 9.97. The second-order valence-electron chi connectivity index (χ2n) is 7.43. The average molecular weight is 409 g/mol. The van der Waals surface area contributed by atoms with Crippen LogP contribution in [0.5, 0.6) is 0 Å². The molecule has 0 radical (unpaired) electrons. The molecule has 1 N–H and O–H groups in total. The molecule has 0 saturated carbocycles. The van der Waals surface area contributed by atoms with Gasteiger partial charge in [-0.15, -0.1) is 0 Å². The minimum atomic E-state index is -0.346. The highest BCUT2D eigenvalue weighted by Crippen LogP contribution is 2.31. The lowest BCUT2D eigenvalue weighted by molar-refractivity contribution is -0.121. The van der Waals surface area contributed by atoms with E-state index in [9.17, 15) is 9.59 Å². The number of nitrogens with one attached hydrogen (secondary N) is 1. The summed E-state index contributed by atoms with van der Waals surface area (Å²) in [5, 5.41) is 3.65. The first-order valence-electron chi connectivity index (χ1n) is 9.93. The Hall–Kier alpha value is -1.99. The zero-order valence-electron chi connectivity index (χ0n) is 16.6. The van der Waals surface area contributed by atoms with Crippen LogP contribution in [0.2, 0.25) is 5.02 Å².